The molecule has 0 radical (unpaired) electrons. The van der Waals surface area contributed by atoms with Gasteiger partial charge in [0.1, 0.15) is 5.75 Å². The van der Waals surface area contributed by atoms with Crippen LogP contribution >= 0.6 is 0 Å². The Morgan fingerprint density at radius 3 is 2.68 bits per heavy atom. The minimum absolute atomic E-state index is 0.0137. The van der Waals surface area contributed by atoms with Crippen LogP contribution in [0.2, 0.25) is 0 Å². The number of rotatable bonds is 6. The molecule has 2 fully saturated rings. The van der Waals surface area contributed by atoms with E-state index in [0.717, 1.165) is 37.1 Å². The summed E-state index contributed by atoms with van der Waals surface area (Å²) in [5.74, 6) is 1.14. The first-order valence-corrected chi connectivity index (χ1v) is 12.5. The molecule has 0 N–H and O–H groups in total. The van der Waals surface area contributed by atoms with Crippen LogP contribution in [0.15, 0.2) is 42.6 Å². The lowest BCUT2D eigenvalue weighted by atomic mass is 9.82. The van der Waals surface area contributed by atoms with E-state index in [0.29, 0.717) is 26.1 Å². The summed E-state index contributed by atoms with van der Waals surface area (Å²) >= 11 is 0. The topological polar surface area (TPSA) is 62.2 Å². The first-order chi connectivity index (χ1) is 16.5. The maximum Gasteiger partial charge on any atom is 0.225 e. The van der Waals surface area contributed by atoms with Crippen LogP contribution in [0, 0.1) is 5.92 Å². The highest BCUT2D eigenvalue weighted by atomic mass is 16.6. The molecule has 3 aliphatic rings. The monoisotopic (exact) mass is 468 g/mol. The molecule has 2 aliphatic heterocycles. The van der Waals surface area contributed by atoms with E-state index in [1.54, 1.807) is 14.2 Å². The smallest absolute Gasteiger partial charge is 0.225 e. The quantitative estimate of drug-likeness (QED) is 0.643. The van der Waals surface area contributed by atoms with Gasteiger partial charge < -0.3 is 28.4 Å². The van der Waals surface area contributed by atoms with E-state index in [1.807, 2.05) is 30.0 Å². The van der Waals surface area contributed by atoms with Crippen LogP contribution in [0.4, 0.5) is 0 Å². The lowest BCUT2D eigenvalue weighted by Gasteiger charge is -2.46. The summed E-state index contributed by atoms with van der Waals surface area (Å²) in [5, 5.41) is 0. The lowest BCUT2D eigenvalue weighted by Crippen LogP contribution is -2.52. The van der Waals surface area contributed by atoms with E-state index in [-0.39, 0.29) is 35.7 Å². The van der Waals surface area contributed by atoms with Gasteiger partial charge in [0, 0.05) is 52.3 Å². The summed E-state index contributed by atoms with van der Waals surface area (Å²) in [6.07, 6.45) is 6.05. The predicted octanol–water partition coefficient (Wildman–Crippen LogP) is 3.92. The van der Waals surface area contributed by atoms with Crippen molar-refractivity contribution >= 4 is 5.91 Å². The average Bonchev–Trinajstić information content (AvgIpc) is 3.39. The maximum atomic E-state index is 13.5. The summed E-state index contributed by atoms with van der Waals surface area (Å²) in [5.41, 5.74) is 1.88. The molecule has 7 heteroatoms. The number of likely N-dealkylation sites (tertiary alicyclic amines) is 1. The number of hydrogen-bond donors (Lipinski definition) is 0. The second-order valence-corrected chi connectivity index (χ2v) is 9.86. The van der Waals surface area contributed by atoms with Crippen LogP contribution in [0.1, 0.15) is 44.7 Å². The average molecular weight is 469 g/mol. The van der Waals surface area contributed by atoms with Gasteiger partial charge in [-0.3, -0.25) is 4.79 Å². The van der Waals surface area contributed by atoms with Crippen molar-refractivity contribution in [3.63, 3.8) is 0 Å². The molecule has 1 aromatic heterocycles. The number of carbonyl (C=O) groups excluding carboxylic acids is 1. The van der Waals surface area contributed by atoms with Crippen molar-refractivity contribution in [1.29, 1.82) is 0 Å². The first kappa shape index (κ1) is 23.4. The minimum atomic E-state index is -0.382. The van der Waals surface area contributed by atoms with E-state index < -0.39 is 0 Å². The zero-order chi connectivity index (χ0) is 23.7. The largest absolute Gasteiger partial charge is 0.479 e. The standard InChI is InChI=1S/C27H36N2O5/c1-19(31-2)18-33-23-11-10-20(17-24(23)32-3)26(30)28-15-12-27(13-16-28)25-9-6-14-29(25)21-7-4-5-8-22(21)34-27/h4-9,14,19-20,23-24H,10-13,15-18H2,1-3H3/t19-,20?,23?,24?/m0/s1. The highest BCUT2D eigenvalue weighted by Gasteiger charge is 2.46. The molecule has 4 atom stereocenters. The van der Waals surface area contributed by atoms with E-state index in [4.69, 9.17) is 18.9 Å². The van der Waals surface area contributed by atoms with Crippen LogP contribution in [-0.2, 0) is 24.6 Å². The summed E-state index contributed by atoms with van der Waals surface area (Å²) in [7, 11) is 3.40. The molecule has 1 aromatic carbocycles. The van der Waals surface area contributed by atoms with Crippen LogP contribution in [-0.4, -0.2) is 67.6 Å². The van der Waals surface area contributed by atoms with Gasteiger partial charge in [-0.05, 0) is 50.5 Å². The van der Waals surface area contributed by atoms with Crippen LogP contribution in [0.25, 0.3) is 5.69 Å². The number of nitrogens with zero attached hydrogens (tertiary/aromatic N) is 2. The third-order valence-electron chi connectivity index (χ3n) is 7.86. The van der Waals surface area contributed by atoms with Gasteiger partial charge in [0.05, 0.1) is 36.3 Å². The molecule has 1 spiro atoms. The Labute approximate surface area is 201 Å². The molecule has 3 unspecified atom stereocenters. The van der Waals surface area contributed by atoms with Crippen molar-refractivity contribution in [1.82, 2.24) is 9.47 Å². The maximum absolute atomic E-state index is 13.5. The molecule has 1 amide bonds. The van der Waals surface area contributed by atoms with Gasteiger partial charge in [-0.25, -0.2) is 0 Å². The number of para-hydroxylation sites is 2. The van der Waals surface area contributed by atoms with Gasteiger partial charge in [0.2, 0.25) is 5.91 Å². The van der Waals surface area contributed by atoms with Crippen molar-refractivity contribution in [2.75, 3.05) is 33.9 Å². The molecule has 7 nitrogen and oxygen atoms in total. The van der Waals surface area contributed by atoms with Crippen molar-refractivity contribution in [2.24, 2.45) is 5.92 Å². The first-order valence-electron chi connectivity index (χ1n) is 12.5. The fraction of sp³-hybridized carbons (Fsp3) is 0.593. The van der Waals surface area contributed by atoms with E-state index in [9.17, 15) is 4.79 Å². The van der Waals surface area contributed by atoms with Gasteiger partial charge in [0.25, 0.3) is 0 Å². The Balaban J connectivity index is 1.22. The second kappa shape index (κ2) is 9.72. The van der Waals surface area contributed by atoms with Crippen molar-refractivity contribution in [2.45, 2.75) is 62.9 Å². The van der Waals surface area contributed by atoms with Gasteiger partial charge in [-0.15, -0.1) is 0 Å². The Morgan fingerprint density at radius 2 is 1.91 bits per heavy atom. The molecular formula is C27H36N2O5. The number of amides is 1. The number of hydrogen-bond acceptors (Lipinski definition) is 5. The molecule has 3 heterocycles. The molecular weight excluding hydrogens is 432 g/mol. The molecule has 0 bridgehead atoms. The number of benzene rings is 1. The number of ether oxygens (including phenoxy) is 4. The SMILES string of the molecule is COC1CC(C(=O)N2CCC3(CC2)Oc2ccccc2-n2cccc23)CCC1OC[C@H](C)OC. The van der Waals surface area contributed by atoms with Gasteiger partial charge >= 0.3 is 0 Å². The summed E-state index contributed by atoms with van der Waals surface area (Å²) in [4.78, 5) is 15.5. The van der Waals surface area contributed by atoms with Gasteiger partial charge in [0.15, 0.2) is 5.60 Å². The Kier molecular flexibility index (Phi) is 6.69. The highest BCUT2D eigenvalue weighted by molar-refractivity contribution is 5.79. The molecule has 1 saturated heterocycles. The fourth-order valence-corrected chi connectivity index (χ4v) is 5.76. The molecule has 1 saturated carbocycles. The van der Waals surface area contributed by atoms with Crippen molar-refractivity contribution in [3.05, 3.63) is 48.3 Å². The zero-order valence-electron chi connectivity index (χ0n) is 20.4. The number of aromatic nitrogens is 1. The predicted molar refractivity (Wildman–Crippen MR) is 128 cm³/mol. The van der Waals surface area contributed by atoms with Gasteiger partial charge in [-0.1, -0.05) is 12.1 Å². The van der Waals surface area contributed by atoms with Gasteiger partial charge in [-0.2, -0.15) is 0 Å². The summed E-state index contributed by atoms with van der Waals surface area (Å²) < 4.78 is 25.9. The van der Waals surface area contributed by atoms with E-state index in [2.05, 4.69) is 29.0 Å². The van der Waals surface area contributed by atoms with Crippen LogP contribution in [0.3, 0.4) is 0 Å². The Hall–Kier alpha value is -2.35. The third kappa shape index (κ3) is 4.25. The number of piperidine rings is 1. The molecule has 2 aromatic rings. The summed E-state index contributed by atoms with van der Waals surface area (Å²) in [6.45, 7) is 3.93. The minimum Gasteiger partial charge on any atom is -0.479 e. The van der Waals surface area contributed by atoms with E-state index in [1.165, 1.54) is 5.69 Å². The molecule has 1 aliphatic carbocycles. The zero-order valence-corrected chi connectivity index (χ0v) is 20.4. The number of fused-ring (bicyclic) bond motifs is 4. The Morgan fingerprint density at radius 1 is 1.12 bits per heavy atom. The van der Waals surface area contributed by atoms with Crippen molar-refractivity contribution < 1.29 is 23.7 Å². The highest BCUT2D eigenvalue weighted by Crippen LogP contribution is 2.45. The molecule has 34 heavy (non-hydrogen) atoms. The molecule has 184 valence electrons. The van der Waals surface area contributed by atoms with Crippen molar-refractivity contribution in [3.8, 4) is 11.4 Å². The fourth-order valence-electron chi connectivity index (χ4n) is 5.76. The summed E-state index contributed by atoms with van der Waals surface area (Å²) in [6, 6.07) is 12.4. The Bertz CT molecular complexity index is 996. The van der Waals surface area contributed by atoms with Crippen LogP contribution in [0.5, 0.6) is 5.75 Å². The molecule has 5 rings (SSSR count). The normalized spacial score (nSPS) is 26.4. The second-order valence-electron chi connectivity index (χ2n) is 9.86. The third-order valence-corrected chi connectivity index (χ3v) is 7.86. The van der Waals surface area contributed by atoms with E-state index >= 15 is 0 Å². The van der Waals surface area contributed by atoms with Crippen LogP contribution < -0.4 is 4.74 Å². The lowest BCUT2D eigenvalue weighted by molar-refractivity contribution is -0.148. The number of methoxy groups -OCH3 is 2. The number of carbonyl (C=O) groups is 1.